The van der Waals surface area contributed by atoms with Crippen LogP contribution in [0.25, 0.3) is 0 Å². The summed E-state index contributed by atoms with van der Waals surface area (Å²) in [6, 6.07) is -2.37. The number of rotatable bonds is 40. The van der Waals surface area contributed by atoms with Gasteiger partial charge in [0.1, 0.15) is 44.8 Å². The number of carboxylic acid groups (broad SMARTS) is 7. The van der Waals surface area contributed by atoms with Gasteiger partial charge in [-0.15, -0.1) is 0 Å². The molecular formula is C82H154B7N17O32. The SMILES string of the molecule is CC(C)[C@H](N)C(=O)N1C[C@@]2(CCCB(O)O)CCN[C@@]2(C(=O)O)C1.CN1CC2(CCCB(O)O)CCNC2(C(=O)O)C1.C[C@H](N)C(=O)N1C[C@@]2(CCCB(O)O)CCN[C@@]2(C(=O)O)C1.N[C@@H](CO)C(=O)N1C[C@@]2(CCCB(O)O)CCN[C@@]2(C(=O)O)C1.O=C(O)C12CNCC1(CCCB(O)O)CCN2.O=C(O)[C@@]12CNC[C@]1(CCCB(O)O)CCN2.O=C(O)[C@]12CNC[C@@]1(CCCB(O)O)CCN2. The molecule has 3 amide bonds. The summed E-state index contributed by atoms with van der Waals surface area (Å²) in [6.07, 6.45) is 15.3. The highest BCUT2D eigenvalue weighted by Crippen LogP contribution is 2.56. The molecule has 0 saturated carbocycles. The lowest BCUT2D eigenvalue weighted by atomic mass is 9.68. The second-order valence-corrected chi connectivity index (χ2v) is 41.7. The van der Waals surface area contributed by atoms with Crippen molar-refractivity contribution in [3.05, 3.63) is 0 Å². The topological polar surface area (TPSA) is 827 Å². The first-order chi connectivity index (χ1) is 64.7. The Morgan fingerprint density at radius 2 is 0.500 bits per heavy atom. The standard InChI is InChI=1S/C15H28BN3O5.C13H24BN3O6.C13H24BN3O5.C11H21BN2O4.3C10H19BN2O4/c1-10(2)11(17)12(20)19-8-14(4-3-6-16(23)24)5-7-18-15(14,9-19)13(21)22;15-9(6-18)10(19)17-7-12(2-1-4-14(22)23)3-5-16-13(12,8-17)11(20)21;1-9(15)10(18)17-7-12(3-2-5-14(21)22)4-6-16-13(12,8-17)11(19)20;1-14-7-10(3-2-5-12(17)18)4-6-13-11(10,8-14)9(15)16;3*14-8(15)10-7-12-6-9(10,3-5-13-10)2-1-4-11(16)17/h10-11,18,23-24H,3-9,17H2,1-2H3,(H,21,22);9,16,18,22-23H,1-8,15H2,(H,20,21);9,16,21-22H,2-8,15H2,1H3,(H,19,20);13,17-18H,2-8H2,1H3,(H,15,16);3*12-13,16-17H,1-7H2,(H,14,15)/t11-,14+,15+;2*9-,12+,13+;;2*9-,10-;/m000.10./s1. The third-order valence-electron chi connectivity index (χ3n) is 33.2. The van der Waals surface area contributed by atoms with Crippen molar-refractivity contribution >= 4 is 109 Å². The van der Waals surface area contributed by atoms with Crippen LogP contribution in [0.4, 0.5) is 0 Å². The van der Waals surface area contributed by atoms with Crippen molar-refractivity contribution < 1.29 is 159 Å². The molecule has 0 aromatic carbocycles. The molecule has 0 radical (unpaired) electrons. The van der Waals surface area contributed by atoms with E-state index in [0.717, 1.165) is 58.4 Å². The number of nitrogens with zero attached hydrogens (tertiary/aromatic N) is 4. The molecule has 38 N–H and O–H groups in total. The Hall–Kier alpha value is -6.01. The molecule has 14 aliphatic rings. The van der Waals surface area contributed by atoms with E-state index in [1.165, 1.54) is 9.80 Å². The fourth-order valence-corrected chi connectivity index (χ4v) is 25.7. The first-order valence-electron chi connectivity index (χ1n) is 48.6. The number of carboxylic acids is 7. The number of aliphatic hydroxyl groups is 1. The molecule has 0 aliphatic carbocycles. The van der Waals surface area contributed by atoms with Gasteiger partial charge >= 0.3 is 91.6 Å². The van der Waals surface area contributed by atoms with Gasteiger partial charge in [0, 0.05) is 110 Å². The predicted octanol–water partition coefficient (Wildman–Crippen LogP) is -10.8. The highest BCUT2D eigenvalue weighted by atomic mass is 16.4. The van der Waals surface area contributed by atoms with Crippen LogP contribution in [0.1, 0.15) is 156 Å². The Labute approximate surface area is 806 Å². The van der Waals surface area contributed by atoms with Crippen molar-refractivity contribution in [1.82, 2.24) is 72.8 Å². The Morgan fingerprint density at radius 3 is 0.725 bits per heavy atom. The van der Waals surface area contributed by atoms with Gasteiger partial charge in [-0.25, -0.2) is 0 Å². The number of likely N-dealkylation sites (tertiary alicyclic amines) is 4. The van der Waals surface area contributed by atoms with Gasteiger partial charge in [-0.1, -0.05) is 58.8 Å². The minimum Gasteiger partial charge on any atom is -0.480 e. The van der Waals surface area contributed by atoms with Gasteiger partial charge in [0.25, 0.3) is 0 Å². The van der Waals surface area contributed by atoms with E-state index in [1.807, 2.05) is 20.9 Å². The summed E-state index contributed by atoms with van der Waals surface area (Å²) in [7, 11) is -7.47. The first kappa shape index (κ1) is 117. The number of carbonyl (C=O) groups is 10. The Balaban J connectivity index is 0.000000198. The van der Waals surface area contributed by atoms with Gasteiger partial charge in [0.15, 0.2) is 0 Å². The summed E-state index contributed by atoms with van der Waals surface area (Å²) in [5, 5.41) is 233. The molecule has 138 heavy (non-hydrogen) atoms. The zero-order valence-electron chi connectivity index (χ0n) is 80.1. The average Bonchev–Trinajstić information content (AvgIpc) is 1.56. The lowest BCUT2D eigenvalue weighted by Crippen LogP contribution is -2.58. The quantitative estimate of drug-likeness (QED) is 0.0253. The molecule has 14 heterocycles. The summed E-state index contributed by atoms with van der Waals surface area (Å²) in [6.45, 7) is 15.2. The fourth-order valence-electron chi connectivity index (χ4n) is 25.7. The number of fused-ring (bicyclic) bond motifs is 7. The number of amides is 3. The number of nitrogens with one attached hydrogen (secondary N) is 10. The van der Waals surface area contributed by atoms with Crippen molar-refractivity contribution in [1.29, 1.82) is 0 Å². The molecule has 4 unspecified atom stereocenters. The van der Waals surface area contributed by atoms with E-state index in [2.05, 4.69) is 58.1 Å². The molecule has 14 aliphatic heterocycles. The maximum atomic E-state index is 12.6. The minimum atomic E-state index is -1.43. The summed E-state index contributed by atoms with van der Waals surface area (Å²) < 4.78 is 0. The van der Waals surface area contributed by atoms with Gasteiger partial charge in [-0.05, 0) is 200 Å². The van der Waals surface area contributed by atoms with Gasteiger partial charge in [0.2, 0.25) is 17.7 Å². The van der Waals surface area contributed by atoms with Gasteiger partial charge in [-0.3, -0.25) is 63.9 Å². The van der Waals surface area contributed by atoms with E-state index >= 15 is 0 Å². The van der Waals surface area contributed by atoms with Crippen LogP contribution in [-0.2, 0) is 47.9 Å². The first-order valence-corrected chi connectivity index (χ1v) is 48.6. The van der Waals surface area contributed by atoms with Crippen LogP contribution >= 0.6 is 0 Å². The molecule has 0 aromatic rings. The van der Waals surface area contributed by atoms with Crippen molar-refractivity contribution in [2.45, 2.75) is 257 Å². The van der Waals surface area contributed by atoms with Crippen LogP contribution in [0, 0.1) is 43.8 Å². The van der Waals surface area contributed by atoms with Crippen molar-refractivity contribution in [2.24, 2.45) is 61.0 Å². The summed E-state index contributed by atoms with van der Waals surface area (Å²) >= 11 is 0. The lowest BCUT2D eigenvalue weighted by molar-refractivity contribution is -0.148. The fraction of sp³-hybridized carbons (Fsp3) is 0.878. The molecule has 780 valence electrons. The Morgan fingerprint density at radius 1 is 0.290 bits per heavy atom. The van der Waals surface area contributed by atoms with Crippen LogP contribution in [0.2, 0.25) is 44.2 Å². The number of hydrogen-bond acceptors (Lipinski definition) is 39. The number of aliphatic hydroxyl groups excluding tert-OH is 1. The predicted molar refractivity (Wildman–Crippen MR) is 505 cm³/mol. The second-order valence-electron chi connectivity index (χ2n) is 41.7. The summed E-state index contributed by atoms with van der Waals surface area (Å²) in [5.74, 6) is -7.09. The molecule has 14 saturated heterocycles. The molecule has 0 aromatic heterocycles. The lowest BCUT2D eigenvalue weighted by Gasteiger charge is -2.36. The average molecular weight is 1970 g/mol. The van der Waals surface area contributed by atoms with E-state index in [9.17, 15) is 83.7 Å². The Kier molecular flexibility index (Phi) is 41.5. The van der Waals surface area contributed by atoms with Crippen LogP contribution in [0.15, 0.2) is 0 Å². The monoisotopic (exact) mass is 1970 g/mol. The van der Waals surface area contributed by atoms with Crippen LogP contribution in [-0.4, -0.2) is 448 Å². The van der Waals surface area contributed by atoms with Gasteiger partial charge < -0.3 is 185 Å². The number of aliphatic carboxylic acids is 7. The highest BCUT2D eigenvalue weighted by molar-refractivity contribution is 6.42. The third-order valence-corrected chi connectivity index (χ3v) is 33.2. The smallest absolute Gasteiger partial charge is 0.451 e. The zero-order valence-corrected chi connectivity index (χ0v) is 80.1. The van der Waals surface area contributed by atoms with E-state index < -0.39 is 177 Å². The molecule has 0 bridgehead atoms. The summed E-state index contributed by atoms with van der Waals surface area (Å²) in [5.41, 5.74) is 7.14. The van der Waals surface area contributed by atoms with Crippen molar-refractivity contribution in [2.75, 3.05) is 151 Å². The molecule has 49 nitrogen and oxygen atoms in total. The van der Waals surface area contributed by atoms with Crippen LogP contribution < -0.4 is 70.4 Å². The number of likely N-dealkylation sites (N-methyl/N-ethyl adjacent to an activating group) is 1. The molecule has 17 atom stereocenters. The number of nitrogens with two attached hydrogens (primary N) is 3. The molecule has 0 spiro atoms. The maximum absolute atomic E-state index is 12.6. The third kappa shape index (κ3) is 24.4. The van der Waals surface area contributed by atoms with E-state index in [1.54, 1.807) is 11.8 Å². The van der Waals surface area contributed by atoms with E-state index in [-0.39, 0.29) is 84.5 Å². The summed E-state index contributed by atoms with van der Waals surface area (Å²) in [4.78, 5) is 126. The second kappa shape index (κ2) is 48.8. The van der Waals surface area contributed by atoms with Gasteiger partial charge in [0.05, 0.1) is 38.3 Å². The normalized spacial score (nSPS) is 33.5. The molecule has 14 rings (SSSR count). The minimum absolute atomic E-state index is 0.00343. The van der Waals surface area contributed by atoms with Crippen LogP contribution in [0.3, 0.4) is 0 Å². The molecule has 14 fully saturated rings. The van der Waals surface area contributed by atoms with Crippen molar-refractivity contribution in [3.8, 4) is 0 Å². The molecular weight excluding hydrogens is 1810 g/mol. The van der Waals surface area contributed by atoms with Crippen molar-refractivity contribution in [3.63, 3.8) is 0 Å². The van der Waals surface area contributed by atoms with E-state index in [4.69, 9.17) is 92.6 Å². The van der Waals surface area contributed by atoms with E-state index in [0.29, 0.717) is 213 Å². The number of carbonyl (C=O) groups excluding carboxylic acids is 3. The molecule has 56 heteroatoms. The number of hydrogen-bond donors (Lipinski definition) is 35. The van der Waals surface area contributed by atoms with Crippen LogP contribution in [0.5, 0.6) is 0 Å². The largest absolute Gasteiger partial charge is 0.480 e. The van der Waals surface area contributed by atoms with Gasteiger partial charge in [-0.2, -0.15) is 0 Å². The Bertz CT molecular complexity index is 3930. The maximum Gasteiger partial charge on any atom is 0.451 e. The highest BCUT2D eigenvalue weighted by Gasteiger charge is 2.71. The zero-order chi connectivity index (χ0) is 103.